The highest BCUT2D eigenvalue weighted by Gasteiger charge is 2.62. The van der Waals surface area contributed by atoms with E-state index in [1.807, 2.05) is 0 Å². The molecule has 3 rings (SSSR count). The quantitative estimate of drug-likeness (QED) is 0.641. The summed E-state index contributed by atoms with van der Waals surface area (Å²) in [5.41, 5.74) is 1.11. The third kappa shape index (κ3) is 1.40. The molecular weight excluding hydrogens is 232 g/mol. The number of aliphatic hydroxyl groups is 2. The van der Waals surface area contributed by atoms with Gasteiger partial charge in [0.1, 0.15) is 6.10 Å². The molecule has 1 aliphatic carbocycles. The van der Waals surface area contributed by atoms with Crippen molar-refractivity contribution in [1.82, 2.24) is 0 Å². The molecule has 1 saturated heterocycles. The van der Waals surface area contributed by atoms with E-state index < -0.39 is 17.5 Å². The molecule has 4 nitrogen and oxygen atoms in total. The van der Waals surface area contributed by atoms with Gasteiger partial charge in [-0.15, -0.1) is 0 Å². The van der Waals surface area contributed by atoms with Crippen LogP contribution in [0.15, 0.2) is 11.1 Å². The van der Waals surface area contributed by atoms with Crippen molar-refractivity contribution < 1.29 is 19.7 Å². The maximum absolute atomic E-state index is 10.7. The largest absolute Gasteiger partial charge is 0.384 e. The molecule has 0 radical (unpaired) electrons. The summed E-state index contributed by atoms with van der Waals surface area (Å²) in [6.07, 6.45) is 0.706. The molecule has 0 spiro atoms. The summed E-state index contributed by atoms with van der Waals surface area (Å²) < 4.78 is 11.6. The Labute approximate surface area is 108 Å². The lowest BCUT2D eigenvalue weighted by atomic mass is 9.68. The summed E-state index contributed by atoms with van der Waals surface area (Å²) in [5, 5.41) is 21.1. The Kier molecular flexibility index (Phi) is 2.36. The SMILES string of the molecule is CC1(C)CC[C@H]2OC(C)(C)[C@@H](O)[C@@]3(O)OCC1=C23. The highest BCUT2D eigenvalue weighted by molar-refractivity contribution is 5.40. The molecule has 2 aliphatic heterocycles. The third-order valence-corrected chi connectivity index (χ3v) is 4.79. The van der Waals surface area contributed by atoms with Gasteiger partial charge in [-0.3, -0.25) is 0 Å². The molecule has 2 N–H and O–H groups in total. The monoisotopic (exact) mass is 254 g/mol. The van der Waals surface area contributed by atoms with Crippen molar-refractivity contribution in [1.29, 1.82) is 0 Å². The number of rotatable bonds is 0. The van der Waals surface area contributed by atoms with E-state index in [0.717, 1.165) is 24.0 Å². The predicted molar refractivity (Wildman–Crippen MR) is 65.9 cm³/mol. The van der Waals surface area contributed by atoms with E-state index >= 15 is 0 Å². The Morgan fingerprint density at radius 2 is 1.89 bits per heavy atom. The summed E-state index contributed by atoms with van der Waals surface area (Å²) >= 11 is 0. The van der Waals surface area contributed by atoms with Gasteiger partial charge in [-0.2, -0.15) is 0 Å². The Hall–Kier alpha value is -0.420. The number of ether oxygens (including phenoxy) is 2. The molecule has 0 aromatic carbocycles. The van der Waals surface area contributed by atoms with Gasteiger partial charge in [0.2, 0.25) is 5.79 Å². The lowest BCUT2D eigenvalue weighted by molar-refractivity contribution is -0.298. The molecule has 2 heterocycles. The van der Waals surface area contributed by atoms with Gasteiger partial charge in [0.25, 0.3) is 0 Å². The Balaban J connectivity index is 2.14. The predicted octanol–water partition coefficient (Wildman–Crippen LogP) is 1.36. The summed E-state index contributed by atoms with van der Waals surface area (Å²) in [6.45, 7) is 8.31. The normalized spacial score (nSPS) is 45.0. The molecule has 102 valence electrons. The molecule has 0 bridgehead atoms. The van der Waals surface area contributed by atoms with Crippen molar-refractivity contribution in [3.8, 4) is 0 Å². The van der Waals surface area contributed by atoms with E-state index in [2.05, 4.69) is 13.8 Å². The van der Waals surface area contributed by atoms with E-state index in [-0.39, 0.29) is 11.5 Å². The topological polar surface area (TPSA) is 58.9 Å². The van der Waals surface area contributed by atoms with Crippen LogP contribution < -0.4 is 0 Å². The van der Waals surface area contributed by atoms with Crippen LogP contribution >= 0.6 is 0 Å². The standard InChI is InChI=1S/C14H22O4/c1-12(2)6-5-9-10-8(12)7-17-14(10,16)11(15)13(3,4)18-9/h9,11,15-16H,5-7H2,1-4H3/t9-,11-,14+/m1/s1. The molecule has 0 aromatic heterocycles. The Morgan fingerprint density at radius 3 is 2.56 bits per heavy atom. The van der Waals surface area contributed by atoms with Crippen LogP contribution in [-0.2, 0) is 9.47 Å². The smallest absolute Gasteiger partial charge is 0.221 e. The van der Waals surface area contributed by atoms with Crippen LogP contribution in [0.3, 0.4) is 0 Å². The van der Waals surface area contributed by atoms with Crippen LogP contribution in [0.25, 0.3) is 0 Å². The van der Waals surface area contributed by atoms with Gasteiger partial charge in [0.05, 0.1) is 18.3 Å². The zero-order valence-corrected chi connectivity index (χ0v) is 11.5. The van der Waals surface area contributed by atoms with Crippen LogP contribution in [0.4, 0.5) is 0 Å². The van der Waals surface area contributed by atoms with E-state index in [1.54, 1.807) is 13.8 Å². The fraction of sp³-hybridized carbons (Fsp3) is 0.857. The van der Waals surface area contributed by atoms with Crippen LogP contribution in [0.1, 0.15) is 40.5 Å². The van der Waals surface area contributed by atoms with Gasteiger partial charge in [-0.05, 0) is 37.7 Å². The van der Waals surface area contributed by atoms with Crippen molar-refractivity contribution in [2.45, 2.75) is 64.1 Å². The minimum absolute atomic E-state index is 0.0148. The molecule has 0 amide bonds. The lowest BCUT2D eigenvalue weighted by Gasteiger charge is -2.50. The summed E-state index contributed by atoms with van der Waals surface area (Å²) in [6, 6.07) is 0. The first kappa shape index (κ1) is 12.6. The molecule has 1 fully saturated rings. The molecule has 4 heteroatoms. The second kappa shape index (κ2) is 3.37. The Bertz CT molecular complexity index is 424. The van der Waals surface area contributed by atoms with Crippen LogP contribution in [0.2, 0.25) is 0 Å². The molecule has 0 saturated carbocycles. The number of hydrogen-bond acceptors (Lipinski definition) is 4. The molecule has 18 heavy (non-hydrogen) atoms. The van der Waals surface area contributed by atoms with Crippen molar-refractivity contribution in [3.05, 3.63) is 11.1 Å². The van der Waals surface area contributed by atoms with Gasteiger partial charge >= 0.3 is 0 Å². The minimum Gasteiger partial charge on any atom is -0.384 e. The van der Waals surface area contributed by atoms with Gasteiger partial charge in [-0.25, -0.2) is 0 Å². The average molecular weight is 254 g/mol. The number of hydrogen-bond donors (Lipinski definition) is 2. The summed E-state index contributed by atoms with van der Waals surface area (Å²) in [7, 11) is 0. The minimum atomic E-state index is -1.56. The molecule has 3 aliphatic rings. The Morgan fingerprint density at radius 1 is 1.22 bits per heavy atom. The van der Waals surface area contributed by atoms with Crippen LogP contribution in [0, 0.1) is 5.41 Å². The third-order valence-electron chi connectivity index (χ3n) is 4.79. The van der Waals surface area contributed by atoms with Gasteiger partial charge in [-0.1, -0.05) is 13.8 Å². The summed E-state index contributed by atoms with van der Waals surface area (Å²) in [4.78, 5) is 0. The molecule has 0 aromatic rings. The lowest BCUT2D eigenvalue weighted by Crippen LogP contribution is -2.63. The van der Waals surface area contributed by atoms with E-state index in [0.29, 0.717) is 6.61 Å². The fourth-order valence-electron chi connectivity index (χ4n) is 3.57. The van der Waals surface area contributed by atoms with Gasteiger partial charge < -0.3 is 19.7 Å². The maximum atomic E-state index is 10.7. The van der Waals surface area contributed by atoms with E-state index in [4.69, 9.17) is 9.47 Å². The molecular formula is C14H22O4. The van der Waals surface area contributed by atoms with E-state index in [9.17, 15) is 10.2 Å². The van der Waals surface area contributed by atoms with Crippen molar-refractivity contribution in [2.75, 3.05) is 6.61 Å². The summed E-state index contributed by atoms with van der Waals surface area (Å²) in [5.74, 6) is -1.56. The second-order valence-corrected chi connectivity index (χ2v) is 6.91. The van der Waals surface area contributed by atoms with Crippen molar-refractivity contribution in [2.24, 2.45) is 5.41 Å². The van der Waals surface area contributed by atoms with Crippen molar-refractivity contribution >= 4 is 0 Å². The average Bonchev–Trinajstić information content (AvgIpc) is 2.62. The zero-order chi connectivity index (χ0) is 13.3. The molecule has 0 unspecified atom stereocenters. The highest BCUT2D eigenvalue weighted by atomic mass is 16.7. The molecule has 3 atom stereocenters. The van der Waals surface area contributed by atoms with Crippen LogP contribution in [-0.4, -0.2) is 40.4 Å². The van der Waals surface area contributed by atoms with Crippen molar-refractivity contribution in [3.63, 3.8) is 0 Å². The first-order valence-electron chi connectivity index (χ1n) is 6.65. The van der Waals surface area contributed by atoms with E-state index in [1.165, 1.54) is 0 Å². The highest BCUT2D eigenvalue weighted by Crippen LogP contribution is 2.54. The number of aliphatic hydroxyl groups excluding tert-OH is 1. The van der Waals surface area contributed by atoms with Gasteiger partial charge in [0.15, 0.2) is 0 Å². The first-order chi connectivity index (χ1) is 8.18. The van der Waals surface area contributed by atoms with Gasteiger partial charge in [0, 0.05) is 5.57 Å². The first-order valence-corrected chi connectivity index (χ1v) is 6.65. The maximum Gasteiger partial charge on any atom is 0.221 e. The zero-order valence-electron chi connectivity index (χ0n) is 11.5. The second-order valence-electron chi connectivity index (χ2n) is 6.91. The fourth-order valence-corrected chi connectivity index (χ4v) is 3.57. The van der Waals surface area contributed by atoms with Crippen LogP contribution in [0.5, 0.6) is 0 Å².